The summed E-state index contributed by atoms with van der Waals surface area (Å²) >= 11 is 0. The van der Waals surface area contributed by atoms with E-state index in [1.54, 1.807) is 7.11 Å². The topological polar surface area (TPSA) is 98.0 Å². The Morgan fingerprint density at radius 3 is 2.12 bits per heavy atom. The zero-order valence-electron chi connectivity index (χ0n) is 14.2. The van der Waals surface area contributed by atoms with Crippen molar-refractivity contribution in [2.24, 2.45) is 0 Å². The second-order valence-electron chi connectivity index (χ2n) is 5.68. The molecular formula is C18H16N6O2. The van der Waals surface area contributed by atoms with Crippen molar-refractivity contribution in [3.63, 3.8) is 0 Å². The van der Waals surface area contributed by atoms with Gasteiger partial charge in [-0.25, -0.2) is 14.6 Å². The Hall–Kier alpha value is -3.68. The maximum Gasteiger partial charge on any atom is 0.245 e. The number of benzene rings is 2. The molecule has 2 aromatic heterocycles. The van der Waals surface area contributed by atoms with Gasteiger partial charge >= 0.3 is 0 Å². The van der Waals surface area contributed by atoms with Crippen LogP contribution in [0.2, 0.25) is 0 Å². The summed E-state index contributed by atoms with van der Waals surface area (Å²) in [5, 5.41) is 14.0. The van der Waals surface area contributed by atoms with Crippen molar-refractivity contribution in [1.82, 2.24) is 20.3 Å². The third-order valence-electron chi connectivity index (χ3n) is 3.75. The van der Waals surface area contributed by atoms with Crippen LogP contribution < -0.4 is 15.4 Å². The molecule has 0 bridgehead atoms. The highest BCUT2D eigenvalue weighted by Gasteiger charge is 2.13. The maximum atomic E-state index is 5.18. The van der Waals surface area contributed by atoms with Gasteiger partial charge in [0.15, 0.2) is 11.6 Å². The number of hydrogen-bond acceptors (Lipinski definition) is 8. The quantitative estimate of drug-likeness (QED) is 0.562. The lowest BCUT2D eigenvalue weighted by atomic mass is 10.2. The van der Waals surface area contributed by atoms with Crippen LogP contribution in [0.25, 0.3) is 11.3 Å². The molecule has 0 saturated carbocycles. The van der Waals surface area contributed by atoms with E-state index in [1.165, 1.54) is 0 Å². The van der Waals surface area contributed by atoms with Gasteiger partial charge < -0.3 is 15.4 Å². The van der Waals surface area contributed by atoms with E-state index in [0.717, 1.165) is 22.7 Å². The predicted octanol–water partition coefficient (Wildman–Crippen LogP) is 3.82. The summed E-state index contributed by atoms with van der Waals surface area (Å²) in [6.45, 7) is 2.03. The highest BCUT2D eigenvalue weighted by molar-refractivity contribution is 5.79. The molecule has 0 atom stereocenters. The lowest BCUT2D eigenvalue weighted by Gasteiger charge is -2.12. The molecule has 0 aliphatic heterocycles. The van der Waals surface area contributed by atoms with Crippen LogP contribution in [-0.4, -0.2) is 27.4 Å². The van der Waals surface area contributed by atoms with Gasteiger partial charge in [-0.15, -0.1) is 0 Å². The SMILES string of the molecule is COc1ccc(Nc2nc3nonc3nc2Nc2cccc(C)c2)cc1. The number of fused-ring (bicyclic) bond motifs is 1. The number of nitrogens with one attached hydrogen (secondary N) is 2. The van der Waals surface area contributed by atoms with Crippen LogP contribution in [-0.2, 0) is 0 Å². The smallest absolute Gasteiger partial charge is 0.245 e. The van der Waals surface area contributed by atoms with Gasteiger partial charge in [-0.1, -0.05) is 12.1 Å². The number of aryl methyl sites for hydroxylation is 1. The van der Waals surface area contributed by atoms with E-state index >= 15 is 0 Å². The summed E-state index contributed by atoms with van der Waals surface area (Å²) in [6.07, 6.45) is 0. The highest BCUT2D eigenvalue weighted by Crippen LogP contribution is 2.27. The Morgan fingerprint density at radius 1 is 0.846 bits per heavy atom. The average molecular weight is 348 g/mol. The molecule has 130 valence electrons. The summed E-state index contributed by atoms with van der Waals surface area (Å²) in [7, 11) is 1.63. The maximum absolute atomic E-state index is 5.18. The molecule has 0 fully saturated rings. The lowest BCUT2D eigenvalue weighted by molar-refractivity contribution is 0.314. The van der Waals surface area contributed by atoms with Gasteiger partial charge in [0.25, 0.3) is 0 Å². The summed E-state index contributed by atoms with van der Waals surface area (Å²) < 4.78 is 9.91. The molecule has 8 heteroatoms. The van der Waals surface area contributed by atoms with Crippen molar-refractivity contribution >= 4 is 34.3 Å². The standard InChI is InChI=1S/C18H16N6O2/c1-11-4-3-5-13(10-11)20-16-15(21-17-18(22-16)24-26-23-17)19-12-6-8-14(25-2)9-7-12/h3-10H,1-2H3,(H,19,21,23)(H,20,22,24). The van der Waals surface area contributed by atoms with E-state index < -0.39 is 0 Å². The van der Waals surface area contributed by atoms with E-state index in [1.807, 2.05) is 55.5 Å². The molecule has 4 aromatic rings. The first-order valence-corrected chi connectivity index (χ1v) is 7.96. The van der Waals surface area contributed by atoms with Crippen molar-refractivity contribution in [3.8, 4) is 5.75 Å². The van der Waals surface area contributed by atoms with Crippen LogP contribution in [0, 0.1) is 6.92 Å². The highest BCUT2D eigenvalue weighted by atomic mass is 16.6. The number of rotatable bonds is 5. The molecule has 0 unspecified atom stereocenters. The fourth-order valence-corrected chi connectivity index (χ4v) is 2.48. The first-order valence-electron chi connectivity index (χ1n) is 7.96. The zero-order valence-corrected chi connectivity index (χ0v) is 14.2. The summed E-state index contributed by atoms with van der Waals surface area (Å²) in [5.74, 6) is 1.81. The predicted molar refractivity (Wildman–Crippen MR) is 98.1 cm³/mol. The van der Waals surface area contributed by atoms with Gasteiger partial charge in [-0.05, 0) is 59.2 Å². The number of ether oxygens (including phenoxy) is 1. The zero-order chi connectivity index (χ0) is 17.9. The van der Waals surface area contributed by atoms with Gasteiger partial charge in [-0.2, -0.15) is 0 Å². The minimum Gasteiger partial charge on any atom is -0.497 e. The molecule has 2 heterocycles. The van der Waals surface area contributed by atoms with Crippen molar-refractivity contribution in [3.05, 3.63) is 54.1 Å². The van der Waals surface area contributed by atoms with Crippen LogP contribution in [0.4, 0.5) is 23.0 Å². The fraction of sp³-hybridized carbons (Fsp3) is 0.111. The molecule has 2 N–H and O–H groups in total. The number of hydrogen-bond donors (Lipinski definition) is 2. The van der Waals surface area contributed by atoms with E-state index in [-0.39, 0.29) is 0 Å². The van der Waals surface area contributed by atoms with Crippen molar-refractivity contribution in [2.45, 2.75) is 6.92 Å². The third kappa shape index (κ3) is 3.25. The van der Waals surface area contributed by atoms with E-state index in [2.05, 4.69) is 30.9 Å². The fourth-order valence-electron chi connectivity index (χ4n) is 2.48. The molecule has 4 rings (SSSR count). The second kappa shape index (κ2) is 6.67. The molecule has 0 aliphatic rings. The molecular weight excluding hydrogens is 332 g/mol. The molecule has 0 amide bonds. The molecule has 0 saturated heterocycles. The van der Waals surface area contributed by atoms with E-state index in [4.69, 9.17) is 9.37 Å². The van der Waals surface area contributed by atoms with Gasteiger partial charge in [0, 0.05) is 11.4 Å². The first-order chi connectivity index (χ1) is 12.7. The van der Waals surface area contributed by atoms with Gasteiger partial charge in [0.1, 0.15) is 5.75 Å². The largest absolute Gasteiger partial charge is 0.497 e. The second-order valence-corrected chi connectivity index (χ2v) is 5.68. The Bertz CT molecular complexity index is 1050. The number of anilines is 4. The first kappa shape index (κ1) is 15.8. The van der Waals surface area contributed by atoms with Crippen molar-refractivity contribution in [2.75, 3.05) is 17.7 Å². The van der Waals surface area contributed by atoms with Crippen LogP contribution in [0.3, 0.4) is 0 Å². The van der Waals surface area contributed by atoms with Gasteiger partial charge in [0.2, 0.25) is 11.3 Å². The summed E-state index contributed by atoms with van der Waals surface area (Å²) in [5.41, 5.74) is 3.53. The summed E-state index contributed by atoms with van der Waals surface area (Å²) in [6, 6.07) is 15.5. The average Bonchev–Trinajstić information content (AvgIpc) is 3.10. The number of nitrogens with zero attached hydrogens (tertiary/aromatic N) is 4. The minimum atomic E-state index is 0.329. The minimum absolute atomic E-state index is 0.329. The molecule has 0 spiro atoms. The molecule has 0 aliphatic carbocycles. The van der Waals surface area contributed by atoms with Gasteiger partial charge in [-0.3, -0.25) is 0 Å². The van der Waals surface area contributed by atoms with Crippen molar-refractivity contribution in [1.29, 1.82) is 0 Å². The van der Waals surface area contributed by atoms with Crippen LogP contribution >= 0.6 is 0 Å². The monoisotopic (exact) mass is 348 g/mol. The van der Waals surface area contributed by atoms with Crippen LogP contribution in [0.1, 0.15) is 5.56 Å². The normalized spacial score (nSPS) is 10.7. The van der Waals surface area contributed by atoms with E-state index in [9.17, 15) is 0 Å². The lowest BCUT2D eigenvalue weighted by Crippen LogP contribution is -2.03. The Labute approximate surface area is 149 Å². The Balaban J connectivity index is 1.71. The Morgan fingerprint density at radius 2 is 1.50 bits per heavy atom. The summed E-state index contributed by atoms with van der Waals surface area (Å²) in [4.78, 5) is 8.92. The third-order valence-corrected chi connectivity index (χ3v) is 3.75. The molecule has 0 radical (unpaired) electrons. The number of methoxy groups -OCH3 is 1. The van der Waals surface area contributed by atoms with Crippen LogP contribution in [0.15, 0.2) is 53.2 Å². The van der Waals surface area contributed by atoms with Crippen molar-refractivity contribution < 1.29 is 9.37 Å². The number of aromatic nitrogens is 4. The Kier molecular flexibility index (Phi) is 4.06. The molecule has 26 heavy (non-hydrogen) atoms. The molecule has 2 aromatic carbocycles. The van der Waals surface area contributed by atoms with Gasteiger partial charge in [0.05, 0.1) is 7.11 Å². The molecule has 8 nitrogen and oxygen atoms in total. The van der Waals surface area contributed by atoms with Crippen LogP contribution in [0.5, 0.6) is 5.75 Å². The van der Waals surface area contributed by atoms with E-state index in [0.29, 0.717) is 22.9 Å².